The lowest BCUT2D eigenvalue weighted by atomic mass is 9.87. The van der Waals surface area contributed by atoms with E-state index in [4.69, 9.17) is 10.8 Å². The van der Waals surface area contributed by atoms with E-state index in [1.165, 1.54) is 6.92 Å². The minimum absolute atomic E-state index is 0.108. The Morgan fingerprint density at radius 3 is 2.19 bits per heavy atom. The highest BCUT2D eigenvalue weighted by Gasteiger charge is 2.44. The summed E-state index contributed by atoms with van der Waals surface area (Å²) >= 11 is 0. The Labute approximate surface area is 147 Å². The lowest BCUT2D eigenvalue weighted by Crippen LogP contribution is -2.46. The average molecular weight is 385 g/mol. The van der Waals surface area contributed by atoms with Gasteiger partial charge in [0.15, 0.2) is 0 Å². The highest BCUT2D eigenvalue weighted by Crippen LogP contribution is 2.42. The van der Waals surface area contributed by atoms with E-state index in [-0.39, 0.29) is 25.2 Å². The Balaban J connectivity index is 2.90. The maximum atomic E-state index is 13.2. The standard InChI is InChI=1S/C17H21F6NO2/c1-10(9-15(2,24)14(25)26)5-3-6-11-7-4-8-12(16(18,19)20)13(11)17(21,22)23/h4,7-8,10H,3,5-6,9,24H2,1-2H3,(H,25,26). The zero-order valence-electron chi connectivity index (χ0n) is 14.3. The molecule has 2 unspecified atom stereocenters. The molecule has 0 aliphatic heterocycles. The van der Waals surface area contributed by atoms with Crippen LogP contribution in [0.25, 0.3) is 0 Å². The first kappa shape index (κ1) is 22.3. The molecular weight excluding hydrogens is 364 g/mol. The number of carbonyl (C=O) groups is 1. The van der Waals surface area contributed by atoms with Gasteiger partial charge in [-0.1, -0.05) is 25.5 Å². The molecule has 1 rings (SSSR count). The number of nitrogens with two attached hydrogens (primary N) is 1. The fourth-order valence-electron chi connectivity index (χ4n) is 2.93. The molecular formula is C17H21F6NO2. The van der Waals surface area contributed by atoms with E-state index in [1.807, 2.05) is 0 Å². The smallest absolute Gasteiger partial charge is 0.417 e. The van der Waals surface area contributed by atoms with E-state index in [9.17, 15) is 31.1 Å². The summed E-state index contributed by atoms with van der Waals surface area (Å²) in [4.78, 5) is 11.0. The number of halogens is 6. The van der Waals surface area contributed by atoms with Gasteiger partial charge in [0.1, 0.15) is 5.54 Å². The van der Waals surface area contributed by atoms with E-state index >= 15 is 0 Å². The molecule has 9 heteroatoms. The van der Waals surface area contributed by atoms with E-state index in [0.717, 1.165) is 12.1 Å². The van der Waals surface area contributed by atoms with Crippen LogP contribution in [0, 0.1) is 5.92 Å². The van der Waals surface area contributed by atoms with Crippen molar-refractivity contribution in [2.45, 2.75) is 57.4 Å². The highest BCUT2D eigenvalue weighted by atomic mass is 19.4. The van der Waals surface area contributed by atoms with Crippen LogP contribution < -0.4 is 5.73 Å². The lowest BCUT2D eigenvalue weighted by molar-refractivity contribution is -0.162. The molecule has 148 valence electrons. The Hall–Kier alpha value is -1.77. The lowest BCUT2D eigenvalue weighted by Gasteiger charge is -2.23. The summed E-state index contributed by atoms with van der Waals surface area (Å²) in [6.45, 7) is 3.03. The van der Waals surface area contributed by atoms with Crippen molar-refractivity contribution in [2.75, 3.05) is 0 Å². The number of carboxylic acids is 1. The van der Waals surface area contributed by atoms with Crippen molar-refractivity contribution in [3.05, 3.63) is 34.9 Å². The molecule has 1 aromatic rings. The second-order valence-electron chi connectivity index (χ2n) is 6.76. The Morgan fingerprint density at radius 1 is 1.15 bits per heavy atom. The normalized spacial score (nSPS) is 16.2. The number of rotatable bonds is 7. The highest BCUT2D eigenvalue weighted by molar-refractivity contribution is 5.77. The summed E-state index contributed by atoms with van der Waals surface area (Å²) in [5.74, 6) is -1.40. The number of aryl methyl sites for hydroxylation is 1. The molecule has 2 atom stereocenters. The molecule has 1 aromatic carbocycles. The van der Waals surface area contributed by atoms with E-state index in [1.54, 1.807) is 6.92 Å². The van der Waals surface area contributed by atoms with E-state index < -0.39 is 40.6 Å². The van der Waals surface area contributed by atoms with E-state index in [2.05, 4.69) is 0 Å². The van der Waals surface area contributed by atoms with Gasteiger partial charge in [0, 0.05) is 0 Å². The monoisotopic (exact) mass is 385 g/mol. The van der Waals surface area contributed by atoms with E-state index in [0.29, 0.717) is 12.5 Å². The van der Waals surface area contributed by atoms with Gasteiger partial charge in [-0.05, 0) is 43.7 Å². The molecule has 0 radical (unpaired) electrons. The van der Waals surface area contributed by atoms with Gasteiger partial charge < -0.3 is 10.8 Å². The second-order valence-corrected chi connectivity index (χ2v) is 6.76. The van der Waals surface area contributed by atoms with Gasteiger partial charge >= 0.3 is 18.3 Å². The predicted octanol–water partition coefficient (Wildman–Crippen LogP) is 4.88. The zero-order valence-corrected chi connectivity index (χ0v) is 14.3. The van der Waals surface area contributed by atoms with Crippen molar-refractivity contribution in [2.24, 2.45) is 11.7 Å². The fraction of sp³-hybridized carbons (Fsp3) is 0.588. The first-order valence-corrected chi connectivity index (χ1v) is 7.95. The third kappa shape index (κ3) is 5.89. The number of hydrogen-bond acceptors (Lipinski definition) is 2. The van der Waals surface area contributed by atoms with Crippen molar-refractivity contribution >= 4 is 5.97 Å². The topological polar surface area (TPSA) is 63.3 Å². The summed E-state index contributed by atoms with van der Waals surface area (Å²) in [6.07, 6.45) is -9.79. The van der Waals surface area contributed by atoms with Crippen molar-refractivity contribution in [3.63, 3.8) is 0 Å². The molecule has 3 nitrogen and oxygen atoms in total. The Morgan fingerprint density at radius 2 is 1.73 bits per heavy atom. The third-order valence-electron chi connectivity index (χ3n) is 4.14. The van der Waals surface area contributed by atoms with Crippen molar-refractivity contribution in [1.29, 1.82) is 0 Å². The van der Waals surface area contributed by atoms with Gasteiger partial charge in [0.25, 0.3) is 0 Å². The van der Waals surface area contributed by atoms with Gasteiger partial charge in [0.05, 0.1) is 11.1 Å². The van der Waals surface area contributed by atoms with Crippen LogP contribution in [0.15, 0.2) is 18.2 Å². The predicted molar refractivity (Wildman–Crippen MR) is 83.4 cm³/mol. The number of benzene rings is 1. The largest absolute Gasteiger partial charge is 0.480 e. The summed E-state index contributed by atoms with van der Waals surface area (Å²) in [7, 11) is 0. The second kappa shape index (κ2) is 7.85. The van der Waals surface area contributed by atoms with Crippen LogP contribution in [0.3, 0.4) is 0 Å². The summed E-state index contributed by atoms with van der Waals surface area (Å²) in [5.41, 5.74) is 0.374. The van der Waals surface area contributed by atoms with Gasteiger partial charge in [-0.2, -0.15) is 26.3 Å². The maximum absolute atomic E-state index is 13.2. The zero-order chi connectivity index (χ0) is 20.3. The molecule has 0 aliphatic rings. The van der Waals surface area contributed by atoms with Crippen LogP contribution >= 0.6 is 0 Å². The fourth-order valence-corrected chi connectivity index (χ4v) is 2.93. The number of aliphatic carboxylic acids is 1. The van der Waals surface area contributed by atoms with Gasteiger partial charge in [-0.15, -0.1) is 0 Å². The summed E-state index contributed by atoms with van der Waals surface area (Å²) in [5, 5.41) is 8.97. The van der Waals surface area contributed by atoms with Crippen LogP contribution in [-0.4, -0.2) is 16.6 Å². The molecule has 26 heavy (non-hydrogen) atoms. The number of hydrogen-bond donors (Lipinski definition) is 2. The Kier molecular flexibility index (Phi) is 6.73. The van der Waals surface area contributed by atoms with Gasteiger partial charge in [-0.3, -0.25) is 4.79 Å². The third-order valence-corrected chi connectivity index (χ3v) is 4.14. The molecule has 0 amide bonds. The molecule has 0 fully saturated rings. The SMILES string of the molecule is CC(CCCc1cccc(C(F)(F)F)c1C(F)(F)F)CC(C)(N)C(=O)O. The minimum atomic E-state index is -5.12. The van der Waals surface area contributed by atoms with Gasteiger partial charge in [-0.25, -0.2) is 0 Å². The van der Waals surface area contributed by atoms with Crippen molar-refractivity contribution in [3.8, 4) is 0 Å². The first-order valence-electron chi connectivity index (χ1n) is 7.95. The summed E-state index contributed by atoms with van der Waals surface area (Å²) in [6, 6.07) is 2.41. The molecule has 0 aromatic heterocycles. The molecule has 3 N–H and O–H groups in total. The Bertz CT molecular complexity index is 637. The van der Waals surface area contributed by atoms with Crippen molar-refractivity contribution < 1.29 is 36.2 Å². The first-order chi connectivity index (χ1) is 11.7. The van der Waals surface area contributed by atoms with Crippen LogP contribution in [0.5, 0.6) is 0 Å². The average Bonchev–Trinajstić information content (AvgIpc) is 2.44. The number of carboxylic acid groups (broad SMARTS) is 1. The molecule has 0 saturated heterocycles. The molecule has 0 bridgehead atoms. The molecule has 0 spiro atoms. The quantitative estimate of drug-likeness (QED) is 0.658. The van der Waals surface area contributed by atoms with Crippen LogP contribution in [-0.2, 0) is 23.6 Å². The van der Waals surface area contributed by atoms with Crippen molar-refractivity contribution in [1.82, 2.24) is 0 Å². The minimum Gasteiger partial charge on any atom is -0.480 e. The molecule has 0 aliphatic carbocycles. The maximum Gasteiger partial charge on any atom is 0.417 e. The van der Waals surface area contributed by atoms with Crippen LogP contribution in [0.1, 0.15) is 49.8 Å². The molecule has 0 heterocycles. The van der Waals surface area contributed by atoms with Gasteiger partial charge in [0.2, 0.25) is 0 Å². The number of alkyl halides is 6. The summed E-state index contributed by atoms with van der Waals surface area (Å²) < 4.78 is 78.2. The van der Waals surface area contributed by atoms with Crippen LogP contribution in [0.2, 0.25) is 0 Å². The van der Waals surface area contributed by atoms with Crippen LogP contribution in [0.4, 0.5) is 26.3 Å². The molecule has 0 saturated carbocycles.